The molecule has 1 amide bonds. The van der Waals surface area contributed by atoms with Crippen molar-refractivity contribution in [3.63, 3.8) is 0 Å². The van der Waals surface area contributed by atoms with Crippen molar-refractivity contribution < 1.29 is 4.79 Å². The number of amides is 1. The van der Waals surface area contributed by atoms with Crippen molar-refractivity contribution in [2.45, 2.75) is 0 Å². The third kappa shape index (κ3) is 2.70. The Morgan fingerprint density at radius 3 is 2.82 bits per heavy atom. The minimum Gasteiger partial charge on any atom is -0.398 e. The molecular formula is C11H9ClN4O. The van der Waals surface area contributed by atoms with E-state index in [9.17, 15) is 4.79 Å². The number of nitrogens with zero attached hydrogens (tertiary/aromatic N) is 2. The largest absolute Gasteiger partial charge is 0.398 e. The summed E-state index contributed by atoms with van der Waals surface area (Å²) < 4.78 is 0. The first-order valence-corrected chi connectivity index (χ1v) is 5.17. The van der Waals surface area contributed by atoms with E-state index >= 15 is 0 Å². The maximum atomic E-state index is 11.7. The molecule has 0 spiro atoms. The highest BCUT2D eigenvalue weighted by Crippen LogP contribution is 2.22. The van der Waals surface area contributed by atoms with E-state index in [-0.39, 0.29) is 11.6 Å². The zero-order chi connectivity index (χ0) is 12.3. The lowest BCUT2D eigenvalue weighted by atomic mass is 10.2. The Morgan fingerprint density at radius 2 is 2.18 bits per heavy atom. The van der Waals surface area contributed by atoms with Crippen LogP contribution in [0.25, 0.3) is 0 Å². The number of nitrogens with one attached hydrogen (secondary N) is 1. The fourth-order valence-corrected chi connectivity index (χ4v) is 1.40. The van der Waals surface area contributed by atoms with Crippen LogP contribution in [0.5, 0.6) is 0 Å². The van der Waals surface area contributed by atoms with Gasteiger partial charge in [-0.05, 0) is 18.2 Å². The SMILES string of the molecule is Nc1ccc(NC(=O)c2cnccn2)cc1Cl. The molecule has 0 atom stereocenters. The predicted molar refractivity (Wildman–Crippen MR) is 65.8 cm³/mol. The number of rotatable bonds is 2. The Kier molecular flexibility index (Phi) is 3.20. The van der Waals surface area contributed by atoms with E-state index in [1.165, 1.54) is 18.6 Å². The molecule has 0 aliphatic rings. The molecule has 0 saturated heterocycles. The second-order valence-corrected chi connectivity index (χ2v) is 3.69. The first kappa shape index (κ1) is 11.3. The van der Waals surface area contributed by atoms with Gasteiger partial charge in [0.2, 0.25) is 0 Å². The van der Waals surface area contributed by atoms with Crippen LogP contribution in [0.1, 0.15) is 10.5 Å². The minimum absolute atomic E-state index is 0.237. The van der Waals surface area contributed by atoms with Gasteiger partial charge in [0, 0.05) is 18.1 Å². The van der Waals surface area contributed by atoms with Gasteiger partial charge in [0.1, 0.15) is 5.69 Å². The molecule has 2 aromatic rings. The summed E-state index contributed by atoms with van der Waals surface area (Å²) in [6, 6.07) is 4.86. The van der Waals surface area contributed by atoms with Crippen LogP contribution in [0.2, 0.25) is 5.02 Å². The fourth-order valence-electron chi connectivity index (χ4n) is 1.22. The number of hydrogen-bond donors (Lipinski definition) is 2. The number of halogens is 1. The molecule has 2 rings (SSSR count). The number of carbonyl (C=O) groups is 1. The first-order chi connectivity index (χ1) is 8.16. The van der Waals surface area contributed by atoms with Gasteiger partial charge in [0.25, 0.3) is 5.91 Å². The molecule has 0 fully saturated rings. The van der Waals surface area contributed by atoms with Crippen molar-refractivity contribution in [3.8, 4) is 0 Å². The van der Waals surface area contributed by atoms with Gasteiger partial charge in [0.15, 0.2) is 0 Å². The highest BCUT2D eigenvalue weighted by atomic mass is 35.5. The monoisotopic (exact) mass is 248 g/mol. The average molecular weight is 249 g/mol. The van der Waals surface area contributed by atoms with Gasteiger partial charge in [-0.3, -0.25) is 9.78 Å². The molecule has 0 unspecified atom stereocenters. The van der Waals surface area contributed by atoms with Crippen LogP contribution < -0.4 is 11.1 Å². The summed E-state index contributed by atoms with van der Waals surface area (Å²) in [4.78, 5) is 19.4. The van der Waals surface area contributed by atoms with Crippen LogP contribution in [-0.4, -0.2) is 15.9 Å². The molecular weight excluding hydrogens is 240 g/mol. The van der Waals surface area contributed by atoms with E-state index in [4.69, 9.17) is 17.3 Å². The van der Waals surface area contributed by atoms with Crippen LogP contribution in [0.3, 0.4) is 0 Å². The normalized spacial score (nSPS) is 9.94. The van der Waals surface area contributed by atoms with E-state index in [1.54, 1.807) is 18.2 Å². The summed E-state index contributed by atoms with van der Waals surface area (Å²) in [6.45, 7) is 0. The van der Waals surface area contributed by atoms with Crippen LogP contribution in [-0.2, 0) is 0 Å². The number of nitrogen functional groups attached to an aromatic ring is 1. The molecule has 1 aromatic heterocycles. The van der Waals surface area contributed by atoms with E-state index in [1.807, 2.05) is 0 Å². The maximum Gasteiger partial charge on any atom is 0.275 e. The third-order valence-corrected chi connectivity index (χ3v) is 2.38. The summed E-state index contributed by atoms with van der Waals surface area (Å²) in [5, 5.41) is 3.04. The molecule has 1 aromatic carbocycles. The molecule has 86 valence electrons. The Hall–Kier alpha value is -2.14. The average Bonchev–Trinajstić information content (AvgIpc) is 2.35. The third-order valence-electron chi connectivity index (χ3n) is 2.05. The van der Waals surface area contributed by atoms with Crippen LogP contribution in [0.4, 0.5) is 11.4 Å². The van der Waals surface area contributed by atoms with E-state index in [0.29, 0.717) is 16.4 Å². The quantitative estimate of drug-likeness (QED) is 0.796. The van der Waals surface area contributed by atoms with Gasteiger partial charge in [0.05, 0.1) is 16.9 Å². The molecule has 3 N–H and O–H groups in total. The summed E-state index contributed by atoms with van der Waals surface area (Å²) in [6.07, 6.45) is 4.33. The second kappa shape index (κ2) is 4.80. The minimum atomic E-state index is -0.348. The Morgan fingerprint density at radius 1 is 1.35 bits per heavy atom. The van der Waals surface area contributed by atoms with Crippen LogP contribution in [0.15, 0.2) is 36.8 Å². The summed E-state index contributed by atoms with van der Waals surface area (Å²) in [5.41, 5.74) is 6.82. The van der Waals surface area contributed by atoms with Crippen molar-refractivity contribution in [2.75, 3.05) is 11.1 Å². The van der Waals surface area contributed by atoms with Gasteiger partial charge < -0.3 is 11.1 Å². The van der Waals surface area contributed by atoms with Crippen molar-refractivity contribution in [2.24, 2.45) is 0 Å². The van der Waals surface area contributed by atoms with Gasteiger partial charge in [-0.15, -0.1) is 0 Å². The number of anilines is 2. The maximum absolute atomic E-state index is 11.7. The number of aromatic nitrogens is 2. The zero-order valence-corrected chi connectivity index (χ0v) is 9.48. The van der Waals surface area contributed by atoms with Crippen molar-refractivity contribution in [1.29, 1.82) is 0 Å². The molecule has 17 heavy (non-hydrogen) atoms. The molecule has 0 bridgehead atoms. The number of benzene rings is 1. The lowest BCUT2D eigenvalue weighted by molar-refractivity contribution is 0.102. The first-order valence-electron chi connectivity index (χ1n) is 4.79. The topological polar surface area (TPSA) is 80.9 Å². The van der Waals surface area contributed by atoms with Gasteiger partial charge in [-0.1, -0.05) is 11.6 Å². The summed E-state index contributed by atoms with van der Waals surface area (Å²) >= 11 is 5.84. The van der Waals surface area contributed by atoms with Gasteiger partial charge >= 0.3 is 0 Å². The highest BCUT2D eigenvalue weighted by Gasteiger charge is 2.07. The van der Waals surface area contributed by atoms with Crippen molar-refractivity contribution in [3.05, 3.63) is 47.5 Å². The zero-order valence-electron chi connectivity index (χ0n) is 8.72. The number of carbonyl (C=O) groups excluding carboxylic acids is 1. The van der Waals surface area contributed by atoms with Crippen molar-refractivity contribution in [1.82, 2.24) is 9.97 Å². The Labute approximate surface area is 103 Å². The highest BCUT2D eigenvalue weighted by molar-refractivity contribution is 6.33. The molecule has 5 nitrogen and oxygen atoms in total. The molecule has 1 heterocycles. The Balaban J connectivity index is 2.16. The van der Waals surface area contributed by atoms with Crippen molar-refractivity contribution >= 4 is 28.9 Å². The molecule has 0 radical (unpaired) electrons. The van der Waals surface area contributed by atoms with Gasteiger partial charge in [-0.2, -0.15) is 0 Å². The van der Waals surface area contributed by atoms with Gasteiger partial charge in [-0.25, -0.2) is 4.98 Å². The second-order valence-electron chi connectivity index (χ2n) is 3.28. The van der Waals surface area contributed by atoms with E-state index in [2.05, 4.69) is 15.3 Å². The lowest BCUT2D eigenvalue weighted by Crippen LogP contribution is -2.13. The molecule has 6 heteroatoms. The number of nitrogens with two attached hydrogens (primary N) is 1. The fraction of sp³-hybridized carbons (Fsp3) is 0. The van der Waals surface area contributed by atoms with Crippen LogP contribution >= 0.6 is 11.6 Å². The molecule has 0 saturated carbocycles. The number of hydrogen-bond acceptors (Lipinski definition) is 4. The van der Waals surface area contributed by atoms with Crippen LogP contribution in [0, 0.1) is 0 Å². The Bertz CT molecular complexity index is 544. The van der Waals surface area contributed by atoms with E-state index < -0.39 is 0 Å². The molecule has 0 aliphatic carbocycles. The van der Waals surface area contributed by atoms with E-state index in [0.717, 1.165) is 0 Å². The molecule has 0 aliphatic heterocycles. The standard InChI is InChI=1S/C11H9ClN4O/c12-8-5-7(1-2-9(8)13)16-11(17)10-6-14-3-4-15-10/h1-6H,13H2,(H,16,17). The predicted octanol–water partition coefficient (Wildman–Crippen LogP) is 1.96. The summed E-state index contributed by atoms with van der Waals surface area (Å²) in [5.74, 6) is -0.348. The lowest BCUT2D eigenvalue weighted by Gasteiger charge is -2.05. The summed E-state index contributed by atoms with van der Waals surface area (Å²) in [7, 11) is 0. The smallest absolute Gasteiger partial charge is 0.275 e.